The molecule has 1 saturated carbocycles. The number of carbonyl (C=O) groups is 1. The number of anilines is 1. The van der Waals surface area contributed by atoms with Crippen LogP contribution in [0, 0.1) is 0 Å². The first kappa shape index (κ1) is 17.9. The molecular formula is C16H24N6O2S. The minimum Gasteiger partial charge on any atom is -0.385 e. The van der Waals surface area contributed by atoms with Crippen LogP contribution in [-0.2, 0) is 16.1 Å². The molecule has 2 aromatic heterocycles. The number of thioether (sulfide) groups is 1. The molecule has 0 aliphatic heterocycles. The summed E-state index contributed by atoms with van der Waals surface area (Å²) in [6.07, 6.45) is 9.03. The van der Waals surface area contributed by atoms with Crippen LogP contribution in [0.4, 0.5) is 5.82 Å². The van der Waals surface area contributed by atoms with E-state index >= 15 is 0 Å². The van der Waals surface area contributed by atoms with Crippen molar-refractivity contribution in [3.63, 3.8) is 0 Å². The van der Waals surface area contributed by atoms with E-state index in [0.717, 1.165) is 36.8 Å². The van der Waals surface area contributed by atoms with E-state index in [4.69, 9.17) is 4.74 Å². The summed E-state index contributed by atoms with van der Waals surface area (Å²) in [5.74, 6) is 1.01. The van der Waals surface area contributed by atoms with Crippen LogP contribution in [0.2, 0.25) is 0 Å². The maximum absolute atomic E-state index is 12.3. The molecule has 25 heavy (non-hydrogen) atoms. The predicted molar refractivity (Wildman–Crippen MR) is 95.6 cm³/mol. The standard InChI is InChI=1S/C16H24N6O2S/c1-24-10-4-9-21-12-17-20-16(21)25-11-15(23)19-14-7-8-18-22(14)13-5-2-3-6-13/h7-8,12-13H,2-6,9-11H2,1H3,(H,19,23). The number of aromatic nitrogens is 5. The number of ether oxygens (including phenoxy) is 1. The molecule has 9 heteroatoms. The number of carbonyl (C=O) groups excluding carboxylic acids is 1. The van der Waals surface area contributed by atoms with Crippen molar-refractivity contribution in [2.75, 3.05) is 24.8 Å². The van der Waals surface area contributed by atoms with Gasteiger partial charge in [0.15, 0.2) is 5.16 Å². The smallest absolute Gasteiger partial charge is 0.235 e. The third kappa shape index (κ3) is 4.82. The van der Waals surface area contributed by atoms with Crippen molar-refractivity contribution in [3.8, 4) is 0 Å². The van der Waals surface area contributed by atoms with Crippen LogP contribution >= 0.6 is 11.8 Å². The van der Waals surface area contributed by atoms with E-state index in [9.17, 15) is 4.79 Å². The van der Waals surface area contributed by atoms with Crippen molar-refractivity contribution in [1.82, 2.24) is 24.5 Å². The Morgan fingerprint density at radius 2 is 2.28 bits per heavy atom. The van der Waals surface area contributed by atoms with E-state index in [1.54, 1.807) is 19.6 Å². The van der Waals surface area contributed by atoms with Crippen molar-refractivity contribution >= 4 is 23.5 Å². The minimum absolute atomic E-state index is 0.0591. The lowest BCUT2D eigenvalue weighted by Gasteiger charge is -2.14. The van der Waals surface area contributed by atoms with Gasteiger partial charge in [-0.2, -0.15) is 5.10 Å². The second kappa shape index (κ2) is 9.00. The van der Waals surface area contributed by atoms with Crippen LogP contribution in [0.25, 0.3) is 0 Å². The van der Waals surface area contributed by atoms with Gasteiger partial charge in [-0.3, -0.25) is 4.79 Å². The highest BCUT2D eigenvalue weighted by atomic mass is 32.2. The van der Waals surface area contributed by atoms with Crippen molar-refractivity contribution < 1.29 is 9.53 Å². The third-order valence-electron chi connectivity index (χ3n) is 4.27. The van der Waals surface area contributed by atoms with E-state index < -0.39 is 0 Å². The number of hydrogen-bond donors (Lipinski definition) is 1. The van der Waals surface area contributed by atoms with Gasteiger partial charge in [-0.15, -0.1) is 10.2 Å². The fourth-order valence-electron chi connectivity index (χ4n) is 3.05. The molecule has 0 saturated heterocycles. The molecule has 1 fully saturated rings. The molecule has 1 N–H and O–H groups in total. The van der Waals surface area contributed by atoms with E-state index in [-0.39, 0.29) is 5.91 Å². The molecular weight excluding hydrogens is 340 g/mol. The first-order valence-electron chi connectivity index (χ1n) is 8.61. The monoisotopic (exact) mass is 364 g/mol. The summed E-state index contributed by atoms with van der Waals surface area (Å²) in [5.41, 5.74) is 0. The van der Waals surface area contributed by atoms with Crippen molar-refractivity contribution in [1.29, 1.82) is 0 Å². The van der Waals surface area contributed by atoms with Crippen molar-refractivity contribution in [3.05, 3.63) is 18.6 Å². The largest absolute Gasteiger partial charge is 0.385 e. The van der Waals surface area contributed by atoms with Gasteiger partial charge < -0.3 is 14.6 Å². The number of aryl methyl sites for hydroxylation is 1. The average molecular weight is 364 g/mol. The predicted octanol–water partition coefficient (Wildman–Crippen LogP) is 2.36. The number of methoxy groups -OCH3 is 1. The molecule has 1 aliphatic carbocycles. The Balaban J connectivity index is 1.51. The third-order valence-corrected chi connectivity index (χ3v) is 5.25. The maximum Gasteiger partial charge on any atom is 0.235 e. The Kier molecular flexibility index (Phi) is 6.46. The number of hydrogen-bond acceptors (Lipinski definition) is 6. The lowest BCUT2D eigenvalue weighted by molar-refractivity contribution is -0.113. The maximum atomic E-state index is 12.3. The summed E-state index contributed by atoms with van der Waals surface area (Å²) >= 11 is 1.39. The lowest BCUT2D eigenvalue weighted by atomic mass is 10.2. The summed E-state index contributed by atoms with van der Waals surface area (Å²) in [7, 11) is 1.68. The van der Waals surface area contributed by atoms with Gasteiger partial charge in [0, 0.05) is 26.3 Å². The highest BCUT2D eigenvalue weighted by molar-refractivity contribution is 7.99. The van der Waals surface area contributed by atoms with Gasteiger partial charge in [-0.25, -0.2) is 4.68 Å². The first-order chi connectivity index (χ1) is 12.3. The molecule has 0 atom stereocenters. The molecule has 8 nitrogen and oxygen atoms in total. The summed E-state index contributed by atoms with van der Waals surface area (Å²) in [5, 5.41) is 16.1. The quantitative estimate of drug-likeness (QED) is 0.543. The number of amides is 1. The molecule has 2 heterocycles. The molecule has 0 aromatic carbocycles. The van der Waals surface area contributed by atoms with E-state index in [2.05, 4.69) is 20.6 Å². The molecule has 0 bridgehead atoms. The zero-order valence-electron chi connectivity index (χ0n) is 14.4. The van der Waals surface area contributed by atoms with Gasteiger partial charge in [0.25, 0.3) is 0 Å². The second-order valence-corrected chi connectivity index (χ2v) is 7.03. The first-order valence-corrected chi connectivity index (χ1v) is 9.59. The fourth-order valence-corrected chi connectivity index (χ4v) is 3.79. The molecule has 0 spiro atoms. The van der Waals surface area contributed by atoms with Crippen LogP contribution in [0.5, 0.6) is 0 Å². The molecule has 136 valence electrons. The summed E-state index contributed by atoms with van der Waals surface area (Å²) in [6, 6.07) is 2.26. The molecule has 2 aromatic rings. The average Bonchev–Trinajstić information content (AvgIpc) is 3.35. The zero-order valence-corrected chi connectivity index (χ0v) is 15.2. The van der Waals surface area contributed by atoms with E-state index in [0.29, 0.717) is 18.4 Å². The Morgan fingerprint density at radius 3 is 3.08 bits per heavy atom. The number of rotatable bonds is 9. The van der Waals surface area contributed by atoms with Crippen molar-refractivity contribution in [2.24, 2.45) is 0 Å². The van der Waals surface area contributed by atoms with Crippen LogP contribution in [0.15, 0.2) is 23.7 Å². The van der Waals surface area contributed by atoms with Gasteiger partial charge in [-0.05, 0) is 19.3 Å². The van der Waals surface area contributed by atoms with E-state index in [1.807, 2.05) is 15.3 Å². The lowest BCUT2D eigenvalue weighted by Crippen LogP contribution is -2.19. The topological polar surface area (TPSA) is 86.9 Å². The van der Waals surface area contributed by atoms with Gasteiger partial charge in [0.05, 0.1) is 18.0 Å². The summed E-state index contributed by atoms with van der Waals surface area (Å²) in [6.45, 7) is 1.47. The highest BCUT2D eigenvalue weighted by Crippen LogP contribution is 2.31. The Labute approximate surface area is 151 Å². The summed E-state index contributed by atoms with van der Waals surface area (Å²) in [4.78, 5) is 12.3. The number of nitrogens with zero attached hydrogens (tertiary/aromatic N) is 5. The van der Waals surface area contributed by atoms with Crippen LogP contribution < -0.4 is 5.32 Å². The van der Waals surface area contributed by atoms with Gasteiger partial charge in [0.1, 0.15) is 12.1 Å². The minimum atomic E-state index is -0.0591. The normalized spacial score (nSPS) is 14.9. The van der Waals surface area contributed by atoms with Gasteiger partial charge in [0.2, 0.25) is 5.91 Å². The second-order valence-electron chi connectivity index (χ2n) is 6.09. The zero-order chi connectivity index (χ0) is 17.5. The number of nitrogens with one attached hydrogen (secondary N) is 1. The van der Waals surface area contributed by atoms with Crippen LogP contribution in [0.1, 0.15) is 38.1 Å². The van der Waals surface area contributed by atoms with Crippen LogP contribution in [-0.4, -0.2) is 49.9 Å². The fraction of sp³-hybridized carbons (Fsp3) is 0.625. The Bertz CT molecular complexity index is 680. The van der Waals surface area contributed by atoms with Gasteiger partial charge in [-0.1, -0.05) is 24.6 Å². The Hall–Kier alpha value is -1.87. The summed E-state index contributed by atoms with van der Waals surface area (Å²) < 4.78 is 8.95. The van der Waals surface area contributed by atoms with Crippen LogP contribution in [0.3, 0.4) is 0 Å². The SMILES string of the molecule is COCCCn1cnnc1SCC(=O)Nc1ccnn1C1CCCC1. The van der Waals surface area contributed by atoms with E-state index in [1.165, 1.54) is 24.6 Å². The molecule has 0 unspecified atom stereocenters. The highest BCUT2D eigenvalue weighted by Gasteiger charge is 2.20. The van der Waals surface area contributed by atoms with Crippen molar-refractivity contribution in [2.45, 2.75) is 49.8 Å². The Morgan fingerprint density at radius 1 is 1.44 bits per heavy atom. The van der Waals surface area contributed by atoms with Gasteiger partial charge >= 0.3 is 0 Å². The molecule has 3 rings (SSSR count). The molecule has 1 aliphatic rings. The molecule has 0 radical (unpaired) electrons. The molecule has 1 amide bonds.